The summed E-state index contributed by atoms with van der Waals surface area (Å²) in [6, 6.07) is 3.74. The van der Waals surface area contributed by atoms with Crippen molar-refractivity contribution >= 4 is 17.2 Å². The number of nitrogens with zero attached hydrogens (tertiary/aromatic N) is 2. The minimum atomic E-state index is -0.250. The summed E-state index contributed by atoms with van der Waals surface area (Å²) in [6.07, 6.45) is 9.71. The number of aliphatic hydroxyl groups is 1. The summed E-state index contributed by atoms with van der Waals surface area (Å²) >= 11 is 5.96. The summed E-state index contributed by atoms with van der Waals surface area (Å²) in [4.78, 5) is 4.51. The molecule has 0 radical (unpaired) electrons. The van der Waals surface area contributed by atoms with E-state index in [9.17, 15) is 5.11 Å². The Morgan fingerprint density at radius 3 is 2.95 bits per heavy atom. The molecule has 0 spiro atoms. The van der Waals surface area contributed by atoms with Crippen LogP contribution in [-0.2, 0) is 6.54 Å². The Morgan fingerprint density at radius 1 is 1.33 bits per heavy atom. The number of aromatic nitrogens is 2. The first-order chi connectivity index (χ1) is 10.2. The Labute approximate surface area is 130 Å². The van der Waals surface area contributed by atoms with Crippen LogP contribution in [0.3, 0.4) is 0 Å². The minimum Gasteiger partial charge on any atom is -0.392 e. The van der Waals surface area contributed by atoms with E-state index in [2.05, 4.69) is 10.3 Å². The number of hydrogen-bond acceptors (Lipinski definition) is 3. The number of rotatable bonds is 6. The number of nitrogens with one attached hydrogen (secondary N) is 1. The molecule has 1 aliphatic carbocycles. The van der Waals surface area contributed by atoms with E-state index in [0.717, 1.165) is 23.7 Å². The number of aliphatic hydroxyl groups excluding tert-OH is 1. The fraction of sp³-hybridized carbons (Fsp3) is 0.562. The van der Waals surface area contributed by atoms with Gasteiger partial charge in [0.25, 0.3) is 0 Å². The third-order valence-corrected chi connectivity index (χ3v) is 4.45. The molecule has 2 heterocycles. The number of halogens is 1. The van der Waals surface area contributed by atoms with E-state index in [1.807, 2.05) is 28.9 Å². The molecule has 1 saturated carbocycles. The van der Waals surface area contributed by atoms with Gasteiger partial charge >= 0.3 is 0 Å². The van der Waals surface area contributed by atoms with E-state index < -0.39 is 0 Å². The average molecular weight is 308 g/mol. The molecule has 2 aromatic heterocycles. The van der Waals surface area contributed by atoms with Gasteiger partial charge in [0.2, 0.25) is 0 Å². The molecule has 0 aromatic carbocycles. The molecule has 2 N–H and O–H groups in total. The molecule has 3 rings (SSSR count). The highest BCUT2D eigenvalue weighted by Gasteiger charge is 2.18. The van der Waals surface area contributed by atoms with Gasteiger partial charge in [0.1, 0.15) is 5.65 Å². The van der Waals surface area contributed by atoms with Gasteiger partial charge < -0.3 is 14.8 Å². The Morgan fingerprint density at radius 2 is 2.14 bits per heavy atom. The topological polar surface area (TPSA) is 49.6 Å². The maximum absolute atomic E-state index is 10.1. The van der Waals surface area contributed by atoms with Crippen LogP contribution in [0.25, 0.3) is 5.65 Å². The third-order valence-electron chi connectivity index (χ3n) is 4.23. The first kappa shape index (κ1) is 14.8. The van der Waals surface area contributed by atoms with Gasteiger partial charge in [-0.25, -0.2) is 4.98 Å². The van der Waals surface area contributed by atoms with E-state index in [0.29, 0.717) is 18.1 Å². The van der Waals surface area contributed by atoms with E-state index in [-0.39, 0.29) is 6.10 Å². The highest BCUT2D eigenvalue weighted by molar-refractivity contribution is 6.30. The molecular weight excluding hydrogens is 286 g/mol. The SMILES string of the molecule is OC(CNCc1cn2cc(Cl)ccc2n1)CC1CCCC1. The molecule has 114 valence electrons. The molecule has 1 aliphatic rings. The van der Waals surface area contributed by atoms with Gasteiger partial charge in [0, 0.05) is 25.5 Å². The maximum atomic E-state index is 10.1. The molecular formula is C16H22ClN3O. The molecule has 21 heavy (non-hydrogen) atoms. The van der Waals surface area contributed by atoms with Crippen molar-refractivity contribution in [3.8, 4) is 0 Å². The molecule has 0 saturated heterocycles. The summed E-state index contributed by atoms with van der Waals surface area (Å²) in [5.74, 6) is 0.721. The predicted octanol–water partition coefficient (Wildman–Crippen LogP) is 3.02. The summed E-state index contributed by atoms with van der Waals surface area (Å²) < 4.78 is 1.92. The Kier molecular flexibility index (Phi) is 4.78. The van der Waals surface area contributed by atoms with Crippen molar-refractivity contribution < 1.29 is 5.11 Å². The number of fused-ring (bicyclic) bond motifs is 1. The van der Waals surface area contributed by atoms with Gasteiger partial charge in [-0.05, 0) is 24.5 Å². The van der Waals surface area contributed by atoms with E-state index in [1.165, 1.54) is 25.7 Å². The van der Waals surface area contributed by atoms with Crippen molar-refractivity contribution in [3.63, 3.8) is 0 Å². The van der Waals surface area contributed by atoms with Crippen molar-refractivity contribution in [2.24, 2.45) is 5.92 Å². The van der Waals surface area contributed by atoms with Crippen molar-refractivity contribution in [3.05, 3.63) is 35.2 Å². The summed E-state index contributed by atoms with van der Waals surface area (Å²) in [7, 11) is 0. The minimum absolute atomic E-state index is 0.250. The highest BCUT2D eigenvalue weighted by Crippen LogP contribution is 2.28. The molecule has 2 aromatic rings. The third kappa shape index (κ3) is 3.96. The van der Waals surface area contributed by atoms with Crippen LogP contribution in [0.15, 0.2) is 24.5 Å². The highest BCUT2D eigenvalue weighted by atomic mass is 35.5. The van der Waals surface area contributed by atoms with Gasteiger partial charge in [-0.3, -0.25) is 0 Å². The average Bonchev–Trinajstić information content (AvgIpc) is 3.07. The number of imidazole rings is 1. The normalized spacial score (nSPS) is 17.6. The molecule has 1 atom stereocenters. The van der Waals surface area contributed by atoms with Crippen molar-refractivity contribution in [2.45, 2.75) is 44.8 Å². The van der Waals surface area contributed by atoms with Crippen LogP contribution >= 0.6 is 11.6 Å². The second kappa shape index (κ2) is 6.77. The van der Waals surface area contributed by atoms with Crippen molar-refractivity contribution in [1.29, 1.82) is 0 Å². The van der Waals surface area contributed by atoms with Crippen LogP contribution < -0.4 is 5.32 Å². The van der Waals surface area contributed by atoms with Gasteiger partial charge in [0.05, 0.1) is 16.8 Å². The van der Waals surface area contributed by atoms with Crippen LogP contribution in [0.5, 0.6) is 0 Å². The van der Waals surface area contributed by atoms with Crippen LogP contribution in [-0.4, -0.2) is 27.1 Å². The predicted molar refractivity (Wildman–Crippen MR) is 84.5 cm³/mol. The second-order valence-corrected chi connectivity index (χ2v) is 6.45. The first-order valence-electron chi connectivity index (χ1n) is 7.72. The van der Waals surface area contributed by atoms with Crippen LogP contribution in [0.4, 0.5) is 0 Å². The smallest absolute Gasteiger partial charge is 0.137 e. The Balaban J connectivity index is 1.47. The van der Waals surface area contributed by atoms with Crippen molar-refractivity contribution in [2.75, 3.05) is 6.54 Å². The molecule has 4 nitrogen and oxygen atoms in total. The molecule has 0 amide bonds. The molecule has 5 heteroatoms. The molecule has 0 aliphatic heterocycles. The first-order valence-corrected chi connectivity index (χ1v) is 8.10. The zero-order valence-corrected chi connectivity index (χ0v) is 12.9. The zero-order valence-electron chi connectivity index (χ0n) is 12.1. The van der Waals surface area contributed by atoms with E-state index in [4.69, 9.17) is 11.6 Å². The quantitative estimate of drug-likeness (QED) is 0.862. The zero-order chi connectivity index (χ0) is 14.7. The van der Waals surface area contributed by atoms with Gasteiger partial charge in [0.15, 0.2) is 0 Å². The second-order valence-electron chi connectivity index (χ2n) is 6.02. The number of pyridine rings is 1. The van der Waals surface area contributed by atoms with Crippen LogP contribution in [0.1, 0.15) is 37.8 Å². The number of hydrogen-bond donors (Lipinski definition) is 2. The van der Waals surface area contributed by atoms with E-state index >= 15 is 0 Å². The lowest BCUT2D eigenvalue weighted by Gasteiger charge is -2.15. The summed E-state index contributed by atoms with van der Waals surface area (Å²) in [5.41, 5.74) is 1.85. The molecule has 1 fully saturated rings. The molecule has 0 bridgehead atoms. The maximum Gasteiger partial charge on any atom is 0.137 e. The lowest BCUT2D eigenvalue weighted by Crippen LogP contribution is -2.28. The van der Waals surface area contributed by atoms with Crippen molar-refractivity contribution in [1.82, 2.24) is 14.7 Å². The Bertz CT molecular complexity index is 592. The van der Waals surface area contributed by atoms with Gasteiger partial charge in [-0.2, -0.15) is 0 Å². The largest absolute Gasteiger partial charge is 0.392 e. The van der Waals surface area contributed by atoms with Crippen LogP contribution in [0.2, 0.25) is 5.02 Å². The lowest BCUT2D eigenvalue weighted by molar-refractivity contribution is 0.140. The van der Waals surface area contributed by atoms with Gasteiger partial charge in [-0.1, -0.05) is 37.3 Å². The molecule has 1 unspecified atom stereocenters. The fourth-order valence-electron chi connectivity index (χ4n) is 3.18. The lowest BCUT2D eigenvalue weighted by atomic mass is 10.0. The van der Waals surface area contributed by atoms with Gasteiger partial charge in [-0.15, -0.1) is 0 Å². The monoisotopic (exact) mass is 307 g/mol. The summed E-state index contributed by atoms with van der Waals surface area (Å²) in [5, 5.41) is 14.1. The van der Waals surface area contributed by atoms with Crippen LogP contribution in [0, 0.1) is 5.92 Å². The standard InChI is InChI=1S/C16H22ClN3O/c17-13-5-6-16-19-14(11-20(16)10-13)8-18-9-15(21)7-12-3-1-2-4-12/h5-6,10-12,15,18,21H,1-4,7-9H2. The Hall–Kier alpha value is -1.10. The summed E-state index contributed by atoms with van der Waals surface area (Å²) in [6.45, 7) is 1.30. The van der Waals surface area contributed by atoms with E-state index in [1.54, 1.807) is 0 Å². The fourth-order valence-corrected chi connectivity index (χ4v) is 3.35.